The quantitative estimate of drug-likeness (QED) is 0.519. The number of hydrogen-bond donors (Lipinski definition) is 1. The van der Waals surface area contributed by atoms with Crippen molar-refractivity contribution in [3.05, 3.63) is 58.2 Å². The number of halogens is 2. The molecule has 0 bridgehead atoms. The summed E-state index contributed by atoms with van der Waals surface area (Å²) in [6, 6.07) is 11.6. The highest BCUT2D eigenvalue weighted by Gasteiger charge is 2.29. The fourth-order valence-electron chi connectivity index (χ4n) is 4.78. The maximum Gasteiger partial charge on any atom is 0.250 e. The number of morpholine rings is 1. The molecule has 0 unspecified atom stereocenters. The highest BCUT2D eigenvalue weighted by molar-refractivity contribution is 6.33. The number of anilines is 3. The number of carbonyl (C=O) groups is 1. The topological polar surface area (TPSA) is 101 Å². The van der Waals surface area contributed by atoms with Crippen LogP contribution in [0.15, 0.2) is 42.6 Å². The van der Waals surface area contributed by atoms with E-state index in [0.29, 0.717) is 60.2 Å². The van der Waals surface area contributed by atoms with Crippen molar-refractivity contribution in [2.75, 3.05) is 54.1 Å². The Hall–Kier alpha value is -3.14. The molecule has 194 valence electrons. The number of nitrogens with two attached hydrogens (primary N) is 1. The van der Waals surface area contributed by atoms with Crippen molar-refractivity contribution in [2.24, 2.45) is 5.73 Å². The molecular weight excluding hydrogens is 513 g/mol. The number of aromatic nitrogens is 3. The first-order chi connectivity index (χ1) is 17.8. The van der Waals surface area contributed by atoms with Gasteiger partial charge in [-0.15, -0.1) is 0 Å². The van der Waals surface area contributed by atoms with Crippen molar-refractivity contribution in [3.63, 3.8) is 0 Å². The number of carbonyl (C=O) groups excluding carboxylic acids is 1. The van der Waals surface area contributed by atoms with Crippen LogP contribution in [0.3, 0.4) is 0 Å². The third-order valence-electron chi connectivity index (χ3n) is 6.79. The molecule has 0 radical (unpaired) electrons. The third kappa shape index (κ3) is 5.44. The number of rotatable bonds is 5. The molecule has 1 amide bonds. The van der Waals surface area contributed by atoms with Crippen molar-refractivity contribution < 1.29 is 9.53 Å². The van der Waals surface area contributed by atoms with Gasteiger partial charge in [0.25, 0.3) is 0 Å². The molecule has 2 fully saturated rings. The molecule has 2 saturated heterocycles. The Kier molecular flexibility index (Phi) is 7.37. The predicted molar refractivity (Wildman–Crippen MR) is 147 cm³/mol. The second kappa shape index (κ2) is 10.7. The van der Waals surface area contributed by atoms with Crippen LogP contribution in [-0.2, 0) is 4.74 Å². The van der Waals surface area contributed by atoms with Crippen LogP contribution in [0.2, 0.25) is 10.0 Å². The molecule has 11 heteroatoms. The Morgan fingerprint density at radius 1 is 1.03 bits per heavy atom. The number of primary amides is 1. The smallest absolute Gasteiger partial charge is 0.250 e. The van der Waals surface area contributed by atoms with Gasteiger partial charge < -0.3 is 25.2 Å². The van der Waals surface area contributed by atoms with Gasteiger partial charge in [-0.25, -0.2) is 9.97 Å². The number of ether oxygens (including phenoxy) is 1. The summed E-state index contributed by atoms with van der Waals surface area (Å²) in [5.74, 6) is 1.65. The lowest BCUT2D eigenvalue weighted by Crippen LogP contribution is -2.53. The summed E-state index contributed by atoms with van der Waals surface area (Å²) in [5, 5.41) is 1.09. The van der Waals surface area contributed by atoms with Crippen molar-refractivity contribution in [3.8, 4) is 11.3 Å². The molecule has 37 heavy (non-hydrogen) atoms. The van der Waals surface area contributed by atoms with Gasteiger partial charge in [0.2, 0.25) is 11.9 Å². The molecule has 5 rings (SSSR count). The standard InChI is InChI=1S/C26H29Cl2N7O2/c1-16-14-33(25-21(28)11-19(13-30-25)24(29)36)7-8-34(16)23-12-22(18-3-5-20(27)6-4-18)31-26(32-23)35-9-10-37-15-17(35)2/h3-6,11-13,16-17H,7-10,14-15H2,1-2H3,(H2,29,36)/t16-,17-/m1/s1. The van der Waals surface area contributed by atoms with Crippen LogP contribution in [0.25, 0.3) is 11.3 Å². The Morgan fingerprint density at radius 2 is 1.81 bits per heavy atom. The molecule has 0 saturated carbocycles. The van der Waals surface area contributed by atoms with Crippen molar-refractivity contribution >= 4 is 46.7 Å². The lowest BCUT2D eigenvalue weighted by molar-refractivity contribution is 0.0981. The molecule has 2 aliphatic rings. The number of amides is 1. The summed E-state index contributed by atoms with van der Waals surface area (Å²) in [6.07, 6.45) is 1.47. The second-order valence-electron chi connectivity index (χ2n) is 9.42. The van der Waals surface area contributed by atoms with Crippen molar-refractivity contribution in [1.82, 2.24) is 15.0 Å². The van der Waals surface area contributed by atoms with E-state index in [9.17, 15) is 4.79 Å². The van der Waals surface area contributed by atoms with E-state index < -0.39 is 5.91 Å². The molecule has 2 aliphatic heterocycles. The first kappa shape index (κ1) is 25.5. The summed E-state index contributed by atoms with van der Waals surface area (Å²) in [5.41, 5.74) is 7.48. The van der Waals surface area contributed by atoms with E-state index in [1.54, 1.807) is 6.07 Å². The first-order valence-electron chi connectivity index (χ1n) is 12.3. The summed E-state index contributed by atoms with van der Waals surface area (Å²) < 4.78 is 5.64. The number of benzene rings is 1. The molecule has 2 aromatic heterocycles. The monoisotopic (exact) mass is 541 g/mol. The van der Waals surface area contributed by atoms with E-state index in [0.717, 1.165) is 23.6 Å². The average molecular weight is 542 g/mol. The molecule has 1 aromatic carbocycles. The van der Waals surface area contributed by atoms with Gasteiger partial charge in [0.1, 0.15) is 11.6 Å². The largest absolute Gasteiger partial charge is 0.377 e. The van der Waals surface area contributed by atoms with Gasteiger partial charge in [0.15, 0.2) is 0 Å². The highest BCUT2D eigenvalue weighted by atomic mass is 35.5. The minimum atomic E-state index is -0.551. The van der Waals surface area contributed by atoms with Gasteiger partial charge in [-0.2, -0.15) is 4.98 Å². The van der Waals surface area contributed by atoms with Gasteiger partial charge in [0, 0.05) is 55.1 Å². The molecule has 2 N–H and O–H groups in total. The summed E-state index contributed by atoms with van der Waals surface area (Å²) in [4.78, 5) is 32.5. The predicted octanol–water partition coefficient (Wildman–Crippen LogP) is 3.88. The van der Waals surface area contributed by atoms with Gasteiger partial charge >= 0.3 is 0 Å². The lowest BCUT2D eigenvalue weighted by atomic mass is 10.1. The van der Waals surface area contributed by atoms with Crippen LogP contribution >= 0.6 is 23.2 Å². The van der Waals surface area contributed by atoms with E-state index >= 15 is 0 Å². The Balaban J connectivity index is 1.44. The molecule has 3 aromatic rings. The van der Waals surface area contributed by atoms with E-state index in [2.05, 4.69) is 33.5 Å². The van der Waals surface area contributed by atoms with Crippen LogP contribution in [0.1, 0.15) is 24.2 Å². The average Bonchev–Trinajstić information content (AvgIpc) is 2.89. The molecular formula is C26H29Cl2N7O2. The van der Waals surface area contributed by atoms with Crippen LogP contribution in [0.5, 0.6) is 0 Å². The van der Waals surface area contributed by atoms with Gasteiger partial charge in [-0.05, 0) is 32.0 Å². The summed E-state index contributed by atoms with van der Waals surface area (Å²) >= 11 is 12.6. The zero-order valence-electron chi connectivity index (χ0n) is 20.8. The third-order valence-corrected chi connectivity index (χ3v) is 7.32. The second-order valence-corrected chi connectivity index (χ2v) is 10.3. The normalized spacial score (nSPS) is 20.3. The van der Waals surface area contributed by atoms with Crippen molar-refractivity contribution in [2.45, 2.75) is 25.9 Å². The number of pyridine rings is 1. The maximum atomic E-state index is 11.5. The van der Waals surface area contributed by atoms with Crippen LogP contribution in [0, 0.1) is 0 Å². The van der Waals surface area contributed by atoms with Crippen LogP contribution in [0.4, 0.5) is 17.6 Å². The maximum absolute atomic E-state index is 11.5. The van der Waals surface area contributed by atoms with E-state index in [4.69, 9.17) is 43.6 Å². The zero-order valence-corrected chi connectivity index (χ0v) is 22.3. The molecule has 4 heterocycles. The minimum Gasteiger partial charge on any atom is -0.377 e. The zero-order chi connectivity index (χ0) is 26.1. The van der Waals surface area contributed by atoms with Crippen molar-refractivity contribution in [1.29, 1.82) is 0 Å². The molecule has 0 spiro atoms. The lowest BCUT2D eigenvalue weighted by Gasteiger charge is -2.42. The fourth-order valence-corrected chi connectivity index (χ4v) is 5.19. The number of hydrogen-bond acceptors (Lipinski definition) is 8. The molecule has 0 aliphatic carbocycles. The fraction of sp³-hybridized carbons (Fsp3) is 0.385. The van der Waals surface area contributed by atoms with Gasteiger partial charge in [-0.1, -0.05) is 35.3 Å². The van der Waals surface area contributed by atoms with Gasteiger partial charge in [-0.3, -0.25) is 4.79 Å². The Labute approximate surface area is 226 Å². The Bertz CT molecular complexity index is 1290. The van der Waals surface area contributed by atoms with E-state index in [-0.39, 0.29) is 12.1 Å². The van der Waals surface area contributed by atoms with E-state index in [1.807, 2.05) is 30.3 Å². The highest BCUT2D eigenvalue weighted by Crippen LogP contribution is 2.31. The summed E-state index contributed by atoms with van der Waals surface area (Å²) in [6.45, 7) is 8.39. The number of nitrogens with zero attached hydrogens (tertiary/aromatic N) is 6. The van der Waals surface area contributed by atoms with Gasteiger partial charge in [0.05, 0.1) is 35.5 Å². The van der Waals surface area contributed by atoms with Crippen LogP contribution < -0.4 is 20.4 Å². The minimum absolute atomic E-state index is 0.116. The molecule has 2 atom stereocenters. The molecule has 9 nitrogen and oxygen atoms in total. The van der Waals surface area contributed by atoms with Crippen LogP contribution in [-0.4, -0.2) is 72.3 Å². The SMILES string of the molecule is C[C@@H]1CN(c2ncc(C(N)=O)cc2Cl)CCN1c1cc(-c2ccc(Cl)cc2)nc(N2CCOC[C@H]2C)n1. The number of piperazine rings is 1. The van der Waals surface area contributed by atoms with E-state index in [1.165, 1.54) is 6.20 Å². The Morgan fingerprint density at radius 3 is 2.49 bits per heavy atom. The summed E-state index contributed by atoms with van der Waals surface area (Å²) in [7, 11) is 0. The first-order valence-corrected chi connectivity index (χ1v) is 13.0.